The third kappa shape index (κ3) is 1.25. The van der Waals surface area contributed by atoms with Gasteiger partial charge in [-0.1, -0.05) is 12.1 Å². The van der Waals surface area contributed by atoms with E-state index in [4.69, 9.17) is 0 Å². The summed E-state index contributed by atoms with van der Waals surface area (Å²) in [5.74, 6) is 0.748. The Morgan fingerprint density at radius 3 is 2.80 bits per heavy atom. The van der Waals surface area contributed by atoms with E-state index >= 15 is 0 Å². The van der Waals surface area contributed by atoms with Crippen LogP contribution in [0.25, 0.3) is 16.7 Å². The predicted molar refractivity (Wildman–Crippen MR) is 54.5 cm³/mol. The number of nitrogens with zero attached hydrogens (tertiary/aromatic N) is 5. The first-order valence-electron chi connectivity index (χ1n) is 4.50. The van der Waals surface area contributed by atoms with Crippen LogP contribution in [0, 0.1) is 0 Å². The Kier molecular flexibility index (Phi) is 1.68. The van der Waals surface area contributed by atoms with Crippen molar-refractivity contribution in [3.05, 3.63) is 43.2 Å². The van der Waals surface area contributed by atoms with E-state index in [1.54, 1.807) is 11.0 Å². The van der Waals surface area contributed by atoms with Crippen molar-refractivity contribution < 1.29 is 0 Å². The second kappa shape index (κ2) is 3.13. The molecule has 3 rings (SSSR count). The molecule has 0 atom stereocenters. The predicted octanol–water partition coefficient (Wildman–Crippen LogP) is 1.21. The minimum absolute atomic E-state index is 0.748. The molecule has 0 saturated heterocycles. The van der Waals surface area contributed by atoms with Crippen LogP contribution in [0.1, 0.15) is 0 Å². The van der Waals surface area contributed by atoms with Crippen LogP contribution in [-0.2, 0) is 0 Å². The standard InChI is InChI=1S/C10H7N5/c1-2-4-9-8(3-1)10(13-6-12-9)15-7-11-5-14-15/h1-7H. The Morgan fingerprint density at radius 1 is 1.00 bits per heavy atom. The molecule has 5 nitrogen and oxygen atoms in total. The number of rotatable bonds is 1. The van der Waals surface area contributed by atoms with E-state index in [2.05, 4.69) is 20.1 Å². The molecule has 0 aliphatic rings. The summed E-state index contributed by atoms with van der Waals surface area (Å²) < 4.78 is 1.63. The SMILES string of the molecule is c1ccc2c(-n3cncn3)ncnc2c1. The highest BCUT2D eigenvalue weighted by Gasteiger charge is 2.04. The normalized spacial score (nSPS) is 10.7. The van der Waals surface area contributed by atoms with E-state index in [-0.39, 0.29) is 0 Å². The van der Waals surface area contributed by atoms with Gasteiger partial charge in [0.2, 0.25) is 0 Å². The minimum atomic E-state index is 0.748. The Labute approximate surface area is 85.4 Å². The lowest BCUT2D eigenvalue weighted by Gasteiger charge is -2.02. The van der Waals surface area contributed by atoms with Crippen molar-refractivity contribution in [1.82, 2.24) is 24.7 Å². The summed E-state index contributed by atoms with van der Waals surface area (Å²) in [7, 11) is 0. The van der Waals surface area contributed by atoms with Crippen LogP contribution in [-0.4, -0.2) is 24.7 Å². The molecule has 0 unspecified atom stereocenters. The van der Waals surface area contributed by atoms with Crippen LogP contribution in [0.15, 0.2) is 43.2 Å². The summed E-state index contributed by atoms with van der Waals surface area (Å²) in [5, 5.41) is 5.02. The van der Waals surface area contributed by atoms with Gasteiger partial charge in [-0.15, -0.1) is 0 Å². The number of aromatic nitrogens is 5. The zero-order valence-corrected chi connectivity index (χ0v) is 7.78. The zero-order chi connectivity index (χ0) is 10.1. The van der Waals surface area contributed by atoms with Crippen molar-refractivity contribution in [3.63, 3.8) is 0 Å². The van der Waals surface area contributed by atoms with Gasteiger partial charge >= 0.3 is 0 Å². The molecule has 0 amide bonds. The summed E-state index contributed by atoms with van der Waals surface area (Å²) in [6.45, 7) is 0. The third-order valence-corrected chi connectivity index (χ3v) is 2.16. The Hall–Kier alpha value is -2.30. The number of hydrogen-bond donors (Lipinski definition) is 0. The molecule has 0 bridgehead atoms. The molecule has 2 heterocycles. The fourth-order valence-electron chi connectivity index (χ4n) is 1.49. The molecule has 0 saturated carbocycles. The monoisotopic (exact) mass is 197 g/mol. The van der Waals surface area contributed by atoms with Gasteiger partial charge in [-0.25, -0.2) is 19.6 Å². The number of hydrogen-bond acceptors (Lipinski definition) is 4. The van der Waals surface area contributed by atoms with Crippen molar-refractivity contribution in [1.29, 1.82) is 0 Å². The van der Waals surface area contributed by atoms with E-state index < -0.39 is 0 Å². The van der Waals surface area contributed by atoms with Gasteiger partial charge < -0.3 is 0 Å². The van der Waals surface area contributed by atoms with Crippen LogP contribution in [0.4, 0.5) is 0 Å². The average Bonchev–Trinajstić information content (AvgIpc) is 2.82. The van der Waals surface area contributed by atoms with Crippen LogP contribution in [0.5, 0.6) is 0 Å². The van der Waals surface area contributed by atoms with Gasteiger partial charge in [0.15, 0.2) is 5.82 Å². The van der Waals surface area contributed by atoms with Gasteiger partial charge in [-0.2, -0.15) is 5.10 Å². The Balaban J connectivity index is 2.36. The average molecular weight is 197 g/mol. The summed E-state index contributed by atoms with van der Waals surface area (Å²) in [4.78, 5) is 12.3. The molecule has 5 heteroatoms. The van der Waals surface area contributed by atoms with Gasteiger partial charge in [-0.05, 0) is 12.1 Å². The maximum atomic E-state index is 4.20. The second-order valence-electron chi connectivity index (χ2n) is 3.05. The van der Waals surface area contributed by atoms with Crippen LogP contribution in [0.3, 0.4) is 0 Å². The summed E-state index contributed by atoms with van der Waals surface area (Å²) in [6, 6.07) is 7.80. The fraction of sp³-hybridized carbons (Fsp3) is 0. The van der Waals surface area contributed by atoms with Gasteiger partial charge in [-0.3, -0.25) is 0 Å². The largest absolute Gasteiger partial charge is 0.236 e. The molecule has 0 N–H and O–H groups in total. The lowest BCUT2D eigenvalue weighted by molar-refractivity contribution is 0.849. The van der Waals surface area contributed by atoms with E-state index in [0.717, 1.165) is 16.7 Å². The Morgan fingerprint density at radius 2 is 1.93 bits per heavy atom. The molecule has 1 aromatic carbocycles. The lowest BCUT2D eigenvalue weighted by Crippen LogP contribution is -1.99. The molecule has 72 valence electrons. The molecular formula is C10H7N5. The first-order chi connectivity index (χ1) is 7.45. The van der Waals surface area contributed by atoms with Crippen molar-refractivity contribution in [2.75, 3.05) is 0 Å². The first kappa shape index (κ1) is 8.05. The van der Waals surface area contributed by atoms with Crippen LogP contribution >= 0.6 is 0 Å². The topological polar surface area (TPSA) is 56.5 Å². The highest BCUT2D eigenvalue weighted by molar-refractivity contribution is 5.84. The molecule has 0 spiro atoms. The number of benzene rings is 1. The Bertz CT molecular complexity index is 582. The highest BCUT2D eigenvalue weighted by Crippen LogP contribution is 2.16. The quantitative estimate of drug-likeness (QED) is 0.588. The zero-order valence-electron chi connectivity index (χ0n) is 7.78. The number of fused-ring (bicyclic) bond motifs is 1. The molecule has 0 radical (unpaired) electrons. The van der Waals surface area contributed by atoms with Gasteiger partial charge in [0.25, 0.3) is 0 Å². The van der Waals surface area contributed by atoms with E-state index in [1.807, 2.05) is 24.3 Å². The van der Waals surface area contributed by atoms with Crippen molar-refractivity contribution in [2.45, 2.75) is 0 Å². The third-order valence-electron chi connectivity index (χ3n) is 2.16. The van der Waals surface area contributed by atoms with Crippen molar-refractivity contribution >= 4 is 10.9 Å². The molecule has 0 aliphatic heterocycles. The van der Waals surface area contributed by atoms with E-state index in [1.165, 1.54) is 12.7 Å². The van der Waals surface area contributed by atoms with Gasteiger partial charge in [0.05, 0.1) is 5.52 Å². The van der Waals surface area contributed by atoms with E-state index in [0.29, 0.717) is 0 Å². The molecule has 2 aromatic heterocycles. The van der Waals surface area contributed by atoms with Crippen LogP contribution < -0.4 is 0 Å². The fourth-order valence-corrected chi connectivity index (χ4v) is 1.49. The van der Waals surface area contributed by atoms with Gasteiger partial charge in [0.1, 0.15) is 19.0 Å². The maximum Gasteiger partial charge on any atom is 0.166 e. The first-order valence-corrected chi connectivity index (χ1v) is 4.50. The summed E-state index contributed by atoms with van der Waals surface area (Å²) in [5.41, 5.74) is 0.901. The van der Waals surface area contributed by atoms with Crippen LogP contribution in [0.2, 0.25) is 0 Å². The maximum absolute atomic E-state index is 4.20. The molecule has 0 fully saturated rings. The second-order valence-corrected chi connectivity index (χ2v) is 3.05. The summed E-state index contributed by atoms with van der Waals surface area (Å²) in [6.07, 6.45) is 4.63. The van der Waals surface area contributed by atoms with Crippen molar-refractivity contribution in [3.8, 4) is 5.82 Å². The lowest BCUT2D eigenvalue weighted by atomic mass is 10.2. The van der Waals surface area contributed by atoms with E-state index in [9.17, 15) is 0 Å². The van der Waals surface area contributed by atoms with Gasteiger partial charge in [0, 0.05) is 5.39 Å². The van der Waals surface area contributed by atoms with Crippen molar-refractivity contribution in [2.24, 2.45) is 0 Å². The highest BCUT2D eigenvalue weighted by atomic mass is 15.3. The number of para-hydroxylation sites is 1. The smallest absolute Gasteiger partial charge is 0.166 e. The summed E-state index contributed by atoms with van der Waals surface area (Å²) >= 11 is 0. The molecule has 3 aromatic rings. The molecular weight excluding hydrogens is 190 g/mol. The minimum Gasteiger partial charge on any atom is -0.236 e. The molecule has 0 aliphatic carbocycles. The molecule has 15 heavy (non-hydrogen) atoms.